The molecule has 0 bridgehead atoms. The Morgan fingerprint density at radius 1 is 1.50 bits per heavy atom. The normalized spacial score (nSPS) is 11.0. The molecule has 1 aromatic carbocycles. The molecule has 74 valence electrons. The summed E-state index contributed by atoms with van der Waals surface area (Å²) in [6, 6.07) is 4.91. The highest BCUT2D eigenvalue weighted by Gasteiger charge is 2.17. The van der Waals surface area contributed by atoms with Crippen molar-refractivity contribution in [2.24, 2.45) is 0 Å². The second-order valence-electron chi connectivity index (χ2n) is 2.60. The van der Waals surface area contributed by atoms with Crippen LogP contribution < -0.4 is 0 Å². The molecule has 1 aromatic rings. The van der Waals surface area contributed by atoms with Crippen molar-refractivity contribution in [2.75, 3.05) is 0 Å². The molecule has 1 rings (SSSR count). The summed E-state index contributed by atoms with van der Waals surface area (Å²) in [5.74, 6) is 0. The molecule has 6 heteroatoms. The van der Waals surface area contributed by atoms with E-state index in [1.165, 1.54) is 6.07 Å². The summed E-state index contributed by atoms with van der Waals surface area (Å²) in [7, 11) is 1.44. The molecule has 0 spiro atoms. The SMILES string of the molecule is Cc1c(S(=O)(=O)Cl)ccc(I)c1C#N. The molecule has 0 saturated heterocycles. The zero-order valence-electron chi connectivity index (χ0n) is 7.08. The third kappa shape index (κ3) is 2.19. The summed E-state index contributed by atoms with van der Waals surface area (Å²) in [6.45, 7) is 1.57. The molecule has 0 atom stereocenters. The Bertz CT molecular complexity index is 519. The highest BCUT2D eigenvalue weighted by Crippen LogP contribution is 2.25. The molecule has 0 N–H and O–H groups in total. The van der Waals surface area contributed by atoms with Crippen LogP contribution in [0.15, 0.2) is 17.0 Å². The number of nitriles is 1. The first kappa shape index (κ1) is 11.8. The Morgan fingerprint density at radius 3 is 2.50 bits per heavy atom. The second-order valence-corrected chi connectivity index (χ2v) is 6.29. The monoisotopic (exact) mass is 341 g/mol. The fourth-order valence-corrected chi connectivity index (χ4v) is 2.97. The van der Waals surface area contributed by atoms with E-state index >= 15 is 0 Å². The highest BCUT2D eigenvalue weighted by atomic mass is 127. The van der Waals surface area contributed by atoms with E-state index in [2.05, 4.69) is 0 Å². The third-order valence-electron chi connectivity index (χ3n) is 1.74. The Balaban J connectivity index is 3.62. The first-order valence-electron chi connectivity index (χ1n) is 3.52. The number of hydrogen-bond acceptors (Lipinski definition) is 3. The minimum Gasteiger partial charge on any atom is -0.207 e. The molecule has 0 saturated carbocycles. The number of rotatable bonds is 1. The molecule has 0 amide bonds. The largest absolute Gasteiger partial charge is 0.261 e. The van der Waals surface area contributed by atoms with Crippen LogP contribution in [-0.2, 0) is 9.05 Å². The van der Waals surface area contributed by atoms with Crippen molar-refractivity contribution in [3.8, 4) is 6.07 Å². The number of benzene rings is 1. The molecular weight excluding hydrogens is 337 g/mol. The van der Waals surface area contributed by atoms with Gasteiger partial charge >= 0.3 is 0 Å². The van der Waals surface area contributed by atoms with Crippen LogP contribution in [0.5, 0.6) is 0 Å². The third-order valence-corrected chi connectivity index (χ3v) is 4.10. The van der Waals surface area contributed by atoms with Gasteiger partial charge in [0, 0.05) is 14.3 Å². The summed E-state index contributed by atoms with van der Waals surface area (Å²) in [5.41, 5.74) is 0.752. The molecule has 0 aliphatic carbocycles. The minimum absolute atomic E-state index is 0.00358. The maximum absolute atomic E-state index is 11.1. The van der Waals surface area contributed by atoms with Gasteiger partial charge in [0.05, 0.1) is 10.5 Å². The molecule has 0 aliphatic rings. The van der Waals surface area contributed by atoms with Gasteiger partial charge in [0.2, 0.25) is 0 Å². The highest BCUT2D eigenvalue weighted by molar-refractivity contribution is 14.1. The zero-order chi connectivity index (χ0) is 10.9. The van der Waals surface area contributed by atoms with Crippen LogP contribution in [0.3, 0.4) is 0 Å². The van der Waals surface area contributed by atoms with E-state index in [9.17, 15) is 8.42 Å². The lowest BCUT2D eigenvalue weighted by molar-refractivity contribution is 0.609. The topological polar surface area (TPSA) is 57.9 Å². The predicted molar refractivity (Wildman–Crippen MR) is 61.6 cm³/mol. The number of nitrogens with zero attached hydrogens (tertiary/aromatic N) is 1. The quantitative estimate of drug-likeness (QED) is 0.582. The van der Waals surface area contributed by atoms with E-state index in [-0.39, 0.29) is 4.90 Å². The van der Waals surface area contributed by atoms with E-state index in [0.717, 1.165) is 0 Å². The van der Waals surface area contributed by atoms with Crippen molar-refractivity contribution in [3.63, 3.8) is 0 Å². The molecule has 0 fully saturated rings. The number of hydrogen-bond donors (Lipinski definition) is 0. The summed E-state index contributed by atoms with van der Waals surface area (Å²) in [5, 5.41) is 8.80. The maximum Gasteiger partial charge on any atom is 0.261 e. The van der Waals surface area contributed by atoms with Gasteiger partial charge in [-0.3, -0.25) is 0 Å². The molecular formula is C8H5ClINO2S. The van der Waals surface area contributed by atoms with E-state index in [1.54, 1.807) is 13.0 Å². The van der Waals surface area contributed by atoms with Crippen molar-refractivity contribution in [3.05, 3.63) is 26.8 Å². The lowest BCUT2D eigenvalue weighted by Gasteiger charge is -2.04. The van der Waals surface area contributed by atoms with Gasteiger partial charge in [0.1, 0.15) is 6.07 Å². The van der Waals surface area contributed by atoms with Crippen LogP contribution in [0, 0.1) is 21.8 Å². The fraction of sp³-hybridized carbons (Fsp3) is 0.125. The Morgan fingerprint density at radius 2 is 2.07 bits per heavy atom. The average molecular weight is 342 g/mol. The molecule has 0 unspecified atom stereocenters. The van der Waals surface area contributed by atoms with Crippen molar-refractivity contribution >= 4 is 42.3 Å². The Kier molecular flexibility index (Phi) is 3.40. The molecule has 0 radical (unpaired) electrons. The summed E-state index contributed by atoms with van der Waals surface area (Å²) in [4.78, 5) is -0.00358. The number of halogens is 2. The van der Waals surface area contributed by atoms with Crippen LogP contribution in [0.1, 0.15) is 11.1 Å². The average Bonchev–Trinajstić information content (AvgIpc) is 2.02. The maximum atomic E-state index is 11.1. The van der Waals surface area contributed by atoms with E-state index in [0.29, 0.717) is 14.7 Å². The first-order valence-corrected chi connectivity index (χ1v) is 6.90. The van der Waals surface area contributed by atoms with Crippen molar-refractivity contribution in [1.82, 2.24) is 0 Å². The predicted octanol–water partition coefficient (Wildman–Crippen LogP) is 2.40. The molecule has 0 aromatic heterocycles. The smallest absolute Gasteiger partial charge is 0.207 e. The van der Waals surface area contributed by atoms with Crippen molar-refractivity contribution < 1.29 is 8.42 Å². The summed E-state index contributed by atoms with van der Waals surface area (Å²) >= 11 is 1.97. The van der Waals surface area contributed by atoms with E-state index in [1.807, 2.05) is 28.7 Å². The summed E-state index contributed by atoms with van der Waals surface area (Å²) in [6.07, 6.45) is 0. The van der Waals surface area contributed by atoms with Crippen LogP contribution in [-0.4, -0.2) is 8.42 Å². The van der Waals surface area contributed by atoms with Crippen LogP contribution in [0.2, 0.25) is 0 Å². The fourth-order valence-electron chi connectivity index (χ4n) is 1.06. The lowest BCUT2D eigenvalue weighted by Crippen LogP contribution is -1.98. The first-order chi connectivity index (χ1) is 6.38. The van der Waals surface area contributed by atoms with Gasteiger partial charge < -0.3 is 0 Å². The van der Waals surface area contributed by atoms with E-state index < -0.39 is 9.05 Å². The van der Waals surface area contributed by atoms with Crippen molar-refractivity contribution in [2.45, 2.75) is 11.8 Å². The van der Waals surface area contributed by atoms with Crippen molar-refractivity contribution in [1.29, 1.82) is 5.26 Å². The van der Waals surface area contributed by atoms with Gasteiger partial charge in [-0.25, -0.2) is 8.42 Å². The van der Waals surface area contributed by atoms with Crippen LogP contribution in [0.25, 0.3) is 0 Å². The zero-order valence-corrected chi connectivity index (χ0v) is 10.8. The molecule has 0 heterocycles. The van der Waals surface area contributed by atoms with Gasteiger partial charge in [-0.2, -0.15) is 5.26 Å². The molecule has 3 nitrogen and oxygen atoms in total. The van der Waals surface area contributed by atoms with Gasteiger partial charge in [0.15, 0.2) is 0 Å². The van der Waals surface area contributed by atoms with Gasteiger partial charge in [-0.05, 0) is 47.2 Å². The van der Waals surface area contributed by atoms with Gasteiger partial charge in [0.25, 0.3) is 9.05 Å². The van der Waals surface area contributed by atoms with Gasteiger partial charge in [-0.1, -0.05) is 0 Å². The van der Waals surface area contributed by atoms with Crippen LogP contribution in [0.4, 0.5) is 0 Å². The molecule has 0 aliphatic heterocycles. The Labute approximate surface area is 100 Å². The van der Waals surface area contributed by atoms with Gasteiger partial charge in [-0.15, -0.1) is 0 Å². The van der Waals surface area contributed by atoms with E-state index in [4.69, 9.17) is 15.9 Å². The standard InChI is InChI=1S/C8H5ClINO2S/c1-5-6(4-11)7(10)2-3-8(5)14(9,12)13/h2-3H,1H3. The second kappa shape index (κ2) is 4.04. The molecule has 14 heavy (non-hydrogen) atoms. The lowest BCUT2D eigenvalue weighted by atomic mass is 10.1. The minimum atomic E-state index is -3.77. The Hall–Kier alpha value is -0.320. The van der Waals surface area contributed by atoms with Crippen LogP contribution >= 0.6 is 33.3 Å². The summed E-state index contributed by atoms with van der Waals surface area (Å²) < 4.78 is 22.9.